The molecule has 0 aliphatic carbocycles. The molecule has 0 aromatic heterocycles. The van der Waals surface area contributed by atoms with Gasteiger partial charge in [-0.05, 0) is 49.2 Å². The Morgan fingerprint density at radius 2 is 1.89 bits per heavy atom. The lowest BCUT2D eigenvalue weighted by molar-refractivity contribution is 0.0698. The second-order valence-electron chi connectivity index (χ2n) is 4.38. The maximum absolute atomic E-state index is 11.1. The monoisotopic (exact) mass is 275 g/mol. The van der Waals surface area contributed by atoms with E-state index in [4.69, 9.17) is 16.7 Å². The highest BCUT2D eigenvalue weighted by molar-refractivity contribution is 6.31. The minimum Gasteiger partial charge on any atom is -0.478 e. The minimum absolute atomic E-state index is 0.233. The van der Waals surface area contributed by atoms with Gasteiger partial charge in [-0.15, -0.1) is 0 Å². The molecule has 3 nitrogen and oxygen atoms in total. The van der Waals surface area contributed by atoms with Gasteiger partial charge in [-0.1, -0.05) is 23.7 Å². The van der Waals surface area contributed by atoms with E-state index in [1.165, 1.54) is 0 Å². The number of anilines is 2. The Bertz CT molecular complexity index is 615. The topological polar surface area (TPSA) is 49.3 Å². The van der Waals surface area contributed by atoms with Crippen molar-refractivity contribution >= 4 is 28.9 Å². The number of carbonyl (C=O) groups is 1. The highest BCUT2D eigenvalue weighted by Crippen LogP contribution is 2.27. The number of aromatic carboxylic acids is 1. The van der Waals surface area contributed by atoms with E-state index < -0.39 is 5.97 Å². The summed E-state index contributed by atoms with van der Waals surface area (Å²) in [5, 5.41) is 12.9. The average Bonchev–Trinajstić information content (AvgIpc) is 2.36. The molecule has 0 aliphatic heterocycles. The van der Waals surface area contributed by atoms with Crippen molar-refractivity contribution in [2.24, 2.45) is 0 Å². The number of hydrogen-bond donors (Lipinski definition) is 2. The second-order valence-corrected chi connectivity index (χ2v) is 4.78. The molecule has 4 heteroatoms. The van der Waals surface area contributed by atoms with Crippen LogP contribution >= 0.6 is 11.6 Å². The van der Waals surface area contributed by atoms with Crippen molar-refractivity contribution in [3.63, 3.8) is 0 Å². The summed E-state index contributed by atoms with van der Waals surface area (Å²) >= 11 is 6.13. The largest absolute Gasteiger partial charge is 0.478 e. The summed E-state index contributed by atoms with van der Waals surface area (Å²) in [6.07, 6.45) is 0. The Labute approximate surface area is 116 Å². The Hall–Kier alpha value is -2.00. The lowest BCUT2D eigenvalue weighted by atomic mass is 10.1. The number of rotatable bonds is 3. The molecule has 0 fully saturated rings. The van der Waals surface area contributed by atoms with Crippen LogP contribution in [0.5, 0.6) is 0 Å². The van der Waals surface area contributed by atoms with Crippen LogP contribution in [0.2, 0.25) is 5.02 Å². The van der Waals surface area contributed by atoms with Crippen molar-refractivity contribution in [2.45, 2.75) is 13.8 Å². The molecular weight excluding hydrogens is 262 g/mol. The predicted molar refractivity (Wildman–Crippen MR) is 77.6 cm³/mol. The summed E-state index contributed by atoms with van der Waals surface area (Å²) in [4.78, 5) is 11.1. The van der Waals surface area contributed by atoms with Crippen LogP contribution in [-0.2, 0) is 0 Å². The van der Waals surface area contributed by atoms with Crippen LogP contribution in [-0.4, -0.2) is 11.1 Å². The fourth-order valence-corrected chi connectivity index (χ4v) is 2.09. The highest BCUT2D eigenvalue weighted by Gasteiger charge is 2.10. The van der Waals surface area contributed by atoms with Crippen LogP contribution in [0.25, 0.3) is 0 Å². The van der Waals surface area contributed by atoms with Crippen LogP contribution < -0.4 is 5.32 Å². The Balaban J connectivity index is 2.39. The van der Waals surface area contributed by atoms with E-state index in [1.54, 1.807) is 30.3 Å². The molecule has 19 heavy (non-hydrogen) atoms. The van der Waals surface area contributed by atoms with Gasteiger partial charge in [0.25, 0.3) is 0 Å². The third-order valence-corrected chi connectivity index (χ3v) is 3.43. The molecule has 2 aromatic carbocycles. The summed E-state index contributed by atoms with van der Waals surface area (Å²) < 4.78 is 0. The molecule has 0 unspecified atom stereocenters. The van der Waals surface area contributed by atoms with Crippen molar-refractivity contribution < 1.29 is 9.90 Å². The van der Waals surface area contributed by atoms with Gasteiger partial charge in [0, 0.05) is 10.7 Å². The molecule has 0 heterocycles. The smallest absolute Gasteiger partial charge is 0.337 e. The zero-order valence-electron chi connectivity index (χ0n) is 10.7. The maximum atomic E-state index is 11.1. The van der Waals surface area contributed by atoms with Crippen molar-refractivity contribution in [1.29, 1.82) is 0 Å². The number of halogens is 1. The molecular formula is C15H14ClNO2. The first-order valence-electron chi connectivity index (χ1n) is 5.85. The quantitative estimate of drug-likeness (QED) is 0.873. The van der Waals surface area contributed by atoms with E-state index in [2.05, 4.69) is 5.32 Å². The van der Waals surface area contributed by atoms with Crippen LogP contribution in [0.1, 0.15) is 21.5 Å². The SMILES string of the molecule is Cc1cc(Nc2ccccc2C(=O)O)cc(Cl)c1C. The van der Waals surface area contributed by atoms with Gasteiger partial charge in [0.1, 0.15) is 0 Å². The summed E-state index contributed by atoms with van der Waals surface area (Å²) in [5.74, 6) is -0.960. The summed E-state index contributed by atoms with van der Waals surface area (Å²) in [6.45, 7) is 3.92. The van der Waals surface area contributed by atoms with Crippen LogP contribution in [0.15, 0.2) is 36.4 Å². The minimum atomic E-state index is -0.960. The number of carboxylic acid groups (broad SMARTS) is 1. The van der Waals surface area contributed by atoms with Crippen molar-refractivity contribution in [2.75, 3.05) is 5.32 Å². The van der Waals surface area contributed by atoms with Gasteiger partial charge < -0.3 is 10.4 Å². The van der Waals surface area contributed by atoms with Gasteiger partial charge >= 0.3 is 5.97 Å². The Morgan fingerprint density at radius 1 is 1.21 bits per heavy atom. The first-order valence-corrected chi connectivity index (χ1v) is 6.23. The van der Waals surface area contributed by atoms with Gasteiger partial charge in [0.15, 0.2) is 0 Å². The van der Waals surface area contributed by atoms with Gasteiger partial charge in [-0.3, -0.25) is 0 Å². The van der Waals surface area contributed by atoms with Crippen LogP contribution in [0.3, 0.4) is 0 Å². The van der Waals surface area contributed by atoms with Crippen molar-refractivity contribution in [1.82, 2.24) is 0 Å². The number of benzene rings is 2. The molecule has 2 aromatic rings. The van der Waals surface area contributed by atoms with E-state index in [-0.39, 0.29) is 5.56 Å². The van der Waals surface area contributed by atoms with Gasteiger partial charge in [0.2, 0.25) is 0 Å². The summed E-state index contributed by atoms with van der Waals surface area (Å²) in [5.41, 5.74) is 3.65. The molecule has 0 radical (unpaired) electrons. The highest BCUT2D eigenvalue weighted by atomic mass is 35.5. The second kappa shape index (κ2) is 5.33. The number of hydrogen-bond acceptors (Lipinski definition) is 2. The summed E-state index contributed by atoms with van der Waals surface area (Å²) in [6, 6.07) is 10.5. The summed E-state index contributed by atoms with van der Waals surface area (Å²) in [7, 11) is 0. The molecule has 0 amide bonds. The molecule has 0 bridgehead atoms. The lowest BCUT2D eigenvalue weighted by Crippen LogP contribution is -2.02. The standard InChI is InChI=1S/C15H14ClNO2/c1-9-7-11(8-13(16)10(9)2)17-14-6-4-3-5-12(14)15(18)19/h3-8,17H,1-2H3,(H,18,19). The molecule has 0 spiro atoms. The van der Waals surface area contributed by atoms with E-state index >= 15 is 0 Å². The molecule has 98 valence electrons. The van der Waals surface area contributed by atoms with E-state index in [9.17, 15) is 4.79 Å². The van der Waals surface area contributed by atoms with Gasteiger partial charge in [0.05, 0.1) is 11.3 Å². The third kappa shape index (κ3) is 2.88. The molecule has 2 N–H and O–H groups in total. The first kappa shape index (κ1) is 13.4. The van der Waals surface area contributed by atoms with E-state index in [0.717, 1.165) is 16.8 Å². The lowest BCUT2D eigenvalue weighted by Gasteiger charge is -2.12. The van der Waals surface area contributed by atoms with Crippen LogP contribution in [0, 0.1) is 13.8 Å². The van der Waals surface area contributed by atoms with E-state index in [1.807, 2.05) is 19.9 Å². The predicted octanol–water partition coefficient (Wildman–Crippen LogP) is 4.40. The van der Waals surface area contributed by atoms with Gasteiger partial charge in [-0.25, -0.2) is 4.79 Å². The maximum Gasteiger partial charge on any atom is 0.337 e. The van der Waals surface area contributed by atoms with Crippen LogP contribution in [0.4, 0.5) is 11.4 Å². The Morgan fingerprint density at radius 3 is 2.53 bits per heavy atom. The normalized spacial score (nSPS) is 10.3. The fraction of sp³-hybridized carbons (Fsp3) is 0.133. The molecule has 0 aliphatic rings. The van der Waals surface area contributed by atoms with E-state index in [0.29, 0.717) is 10.7 Å². The van der Waals surface area contributed by atoms with Crippen molar-refractivity contribution in [3.8, 4) is 0 Å². The average molecular weight is 276 g/mol. The third-order valence-electron chi connectivity index (χ3n) is 3.04. The zero-order valence-corrected chi connectivity index (χ0v) is 11.5. The fourth-order valence-electron chi connectivity index (χ4n) is 1.82. The number of aryl methyl sites for hydroxylation is 1. The number of carboxylic acids is 1. The van der Waals surface area contributed by atoms with Gasteiger partial charge in [-0.2, -0.15) is 0 Å². The first-order chi connectivity index (χ1) is 8.99. The Kier molecular flexibility index (Phi) is 3.76. The molecule has 2 rings (SSSR count). The van der Waals surface area contributed by atoms with Crippen molar-refractivity contribution in [3.05, 3.63) is 58.1 Å². The zero-order chi connectivity index (χ0) is 14.0. The number of nitrogens with one attached hydrogen (secondary N) is 1. The molecule has 0 saturated carbocycles. The number of para-hydroxylation sites is 1. The molecule has 0 saturated heterocycles. The molecule has 0 atom stereocenters.